The Bertz CT molecular complexity index is 841. The van der Waals surface area contributed by atoms with E-state index in [4.69, 9.17) is 0 Å². The Kier molecular flexibility index (Phi) is 4.71. The van der Waals surface area contributed by atoms with Crippen molar-refractivity contribution in [2.45, 2.75) is 6.54 Å². The van der Waals surface area contributed by atoms with Crippen LogP contribution in [0.15, 0.2) is 61.1 Å². The average Bonchev–Trinajstić information content (AvgIpc) is 2.63. The summed E-state index contributed by atoms with van der Waals surface area (Å²) < 4.78 is 13.6. The Morgan fingerprint density at radius 1 is 1.08 bits per heavy atom. The van der Waals surface area contributed by atoms with Gasteiger partial charge in [0.25, 0.3) is 5.91 Å². The average molecular weight is 323 g/mol. The number of halogens is 1. The number of amides is 1. The Labute approximate surface area is 137 Å². The molecule has 2 aromatic heterocycles. The molecule has 3 aromatic rings. The number of nitrogens with zero attached hydrogens (tertiary/aromatic N) is 3. The van der Waals surface area contributed by atoms with Crippen LogP contribution in [0.4, 0.5) is 16.0 Å². The maximum absolute atomic E-state index is 13.6. The van der Waals surface area contributed by atoms with E-state index in [1.807, 2.05) is 6.07 Å². The predicted molar refractivity (Wildman–Crippen MR) is 87.1 cm³/mol. The fraction of sp³-hybridized carbons (Fsp3) is 0.0588. The summed E-state index contributed by atoms with van der Waals surface area (Å²) in [5.74, 6) is -0.625. The van der Waals surface area contributed by atoms with Gasteiger partial charge in [-0.05, 0) is 29.8 Å². The van der Waals surface area contributed by atoms with E-state index < -0.39 is 5.82 Å². The highest BCUT2D eigenvalue weighted by Crippen LogP contribution is 2.16. The number of benzene rings is 1. The Balaban J connectivity index is 1.68. The van der Waals surface area contributed by atoms with E-state index in [0.717, 1.165) is 5.56 Å². The molecular weight excluding hydrogens is 309 g/mol. The highest BCUT2D eigenvalue weighted by atomic mass is 19.1. The zero-order valence-corrected chi connectivity index (χ0v) is 12.6. The Hall–Kier alpha value is -3.35. The van der Waals surface area contributed by atoms with E-state index in [1.54, 1.807) is 36.7 Å². The van der Waals surface area contributed by atoms with Crippen LogP contribution in [0.2, 0.25) is 0 Å². The van der Waals surface area contributed by atoms with Gasteiger partial charge in [0.1, 0.15) is 11.5 Å². The van der Waals surface area contributed by atoms with Gasteiger partial charge in [-0.2, -0.15) is 0 Å². The van der Waals surface area contributed by atoms with E-state index in [-0.39, 0.29) is 23.2 Å². The first kappa shape index (κ1) is 15.5. The van der Waals surface area contributed by atoms with Gasteiger partial charge in [0.2, 0.25) is 5.95 Å². The molecule has 120 valence electrons. The number of hydrogen-bond donors (Lipinski definition) is 2. The Morgan fingerprint density at radius 2 is 1.96 bits per heavy atom. The van der Waals surface area contributed by atoms with Crippen molar-refractivity contribution >= 4 is 17.5 Å². The van der Waals surface area contributed by atoms with Crippen LogP contribution in [-0.2, 0) is 6.54 Å². The molecule has 0 atom stereocenters. The molecule has 1 amide bonds. The van der Waals surface area contributed by atoms with E-state index in [2.05, 4.69) is 25.6 Å². The van der Waals surface area contributed by atoms with Gasteiger partial charge >= 0.3 is 0 Å². The van der Waals surface area contributed by atoms with E-state index in [9.17, 15) is 9.18 Å². The first-order chi connectivity index (χ1) is 11.7. The molecule has 0 saturated carbocycles. The SMILES string of the molecule is O=C(NCc1cccnc1)c1ccnc(Nc2ccccc2F)n1. The maximum Gasteiger partial charge on any atom is 0.270 e. The van der Waals surface area contributed by atoms with E-state index in [1.165, 1.54) is 18.3 Å². The number of rotatable bonds is 5. The lowest BCUT2D eigenvalue weighted by Gasteiger charge is -2.08. The molecule has 0 bridgehead atoms. The molecule has 2 heterocycles. The molecule has 0 unspecified atom stereocenters. The number of pyridine rings is 1. The molecule has 2 N–H and O–H groups in total. The van der Waals surface area contributed by atoms with E-state index in [0.29, 0.717) is 6.54 Å². The van der Waals surface area contributed by atoms with Crippen LogP contribution in [0.3, 0.4) is 0 Å². The summed E-state index contributed by atoms with van der Waals surface area (Å²) in [4.78, 5) is 24.3. The molecular formula is C17H14FN5O. The lowest BCUT2D eigenvalue weighted by Crippen LogP contribution is -2.24. The largest absolute Gasteiger partial charge is 0.347 e. The van der Waals surface area contributed by atoms with Crippen molar-refractivity contribution < 1.29 is 9.18 Å². The number of para-hydroxylation sites is 1. The number of carbonyl (C=O) groups excluding carboxylic acids is 1. The minimum Gasteiger partial charge on any atom is -0.347 e. The fourth-order valence-electron chi connectivity index (χ4n) is 2.00. The number of anilines is 2. The Morgan fingerprint density at radius 3 is 2.75 bits per heavy atom. The molecule has 7 heteroatoms. The van der Waals surface area contributed by atoms with Crippen molar-refractivity contribution in [3.63, 3.8) is 0 Å². The van der Waals surface area contributed by atoms with Gasteiger partial charge in [-0.25, -0.2) is 14.4 Å². The second-order valence-electron chi connectivity index (χ2n) is 4.91. The first-order valence-electron chi connectivity index (χ1n) is 7.24. The quantitative estimate of drug-likeness (QED) is 0.754. The van der Waals surface area contributed by atoms with Gasteiger partial charge < -0.3 is 10.6 Å². The second-order valence-corrected chi connectivity index (χ2v) is 4.91. The monoisotopic (exact) mass is 323 g/mol. The summed E-state index contributed by atoms with van der Waals surface area (Å²) in [7, 11) is 0. The van der Waals surface area contributed by atoms with Gasteiger partial charge in [-0.3, -0.25) is 9.78 Å². The maximum atomic E-state index is 13.6. The highest BCUT2D eigenvalue weighted by molar-refractivity contribution is 5.92. The minimum atomic E-state index is -0.424. The van der Waals surface area contributed by atoms with Gasteiger partial charge in [-0.15, -0.1) is 0 Å². The zero-order chi connectivity index (χ0) is 16.8. The summed E-state index contributed by atoms with van der Waals surface area (Å²) in [6, 6.07) is 11.3. The smallest absolute Gasteiger partial charge is 0.270 e. The molecule has 6 nitrogen and oxygen atoms in total. The lowest BCUT2D eigenvalue weighted by molar-refractivity contribution is 0.0946. The van der Waals surface area contributed by atoms with Gasteiger partial charge in [0.05, 0.1) is 5.69 Å². The van der Waals surface area contributed by atoms with Crippen molar-refractivity contribution in [2.75, 3.05) is 5.32 Å². The summed E-state index contributed by atoms with van der Waals surface area (Å²) in [6.07, 6.45) is 4.77. The third-order valence-electron chi connectivity index (χ3n) is 3.18. The van der Waals surface area contributed by atoms with Crippen molar-refractivity contribution in [1.29, 1.82) is 0 Å². The van der Waals surface area contributed by atoms with E-state index >= 15 is 0 Å². The summed E-state index contributed by atoms with van der Waals surface area (Å²) in [5.41, 5.74) is 1.31. The molecule has 0 fully saturated rings. The van der Waals surface area contributed by atoms with Crippen LogP contribution in [-0.4, -0.2) is 20.9 Å². The predicted octanol–water partition coefficient (Wildman–Crippen LogP) is 2.68. The van der Waals surface area contributed by atoms with Gasteiger partial charge in [0.15, 0.2) is 0 Å². The van der Waals surface area contributed by atoms with Crippen LogP contribution >= 0.6 is 0 Å². The van der Waals surface area contributed by atoms with Gasteiger partial charge in [-0.1, -0.05) is 18.2 Å². The summed E-state index contributed by atoms with van der Waals surface area (Å²) >= 11 is 0. The molecule has 0 aliphatic carbocycles. The van der Waals surface area contributed by atoms with Crippen LogP contribution in [0.5, 0.6) is 0 Å². The molecule has 1 aromatic carbocycles. The van der Waals surface area contributed by atoms with Crippen LogP contribution in [0, 0.1) is 5.82 Å². The third-order valence-corrected chi connectivity index (χ3v) is 3.18. The van der Waals surface area contributed by atoms with Crippen LogP contribution in [0.1, 0.15) is 16.1 Å². The normalized spacial score (nSPS) is 10.2. The molecule has 0 spiro atoms. The van der Waals surface area contributed by atoms with Crippen molar-refractivity contribution in [3.05, 3.63) is 78.1 Å². The number of aromatic nitrogens is 3. The van der Waals surface area contributed by atoms with Crippen LogP contribution < -0.4 is 10.6 Å². The summed E-state index contributed by atoms with van der Waals surface area (Å²) in [6.45, 7) is 0.340. The van der Waals surface area contributed by atoms with Crippen molar-refractivity contribution in [3.8, 4) is 0 Å². The van der Waals surface area contributed by atoms with Crippen molar-refractivity contribution in [2.24, 2.45) is 0 Å². The third kappa shape index (κ3) is 3.89. The summed E-state index contributed by atoms with van der Waals surface area (Å²) in [5, 5.41) is 5.50. The number of nitrogens with one attached hydrogen (secondary N) is 2. The molecule has 3 rings (SSSR count). The van der Waals surface area contributed by atoms with Crippen molar-refractivity contribution in [1.82, 2.24) is 20.3 Å². The fourth-order valence-corrected chi connectivity index (χ4v) is 2.00. The molecule has 24 heavy (non-hydrogen) atoms. The van der Waals surface area contributed by atoms with Gasteiger partial charge in [0, 0.05) is 25.1 Å². The first-order valence-corrected chi connectivity index (χ1v) is 7.24. The topological polar surface area (TPSA) is 79.8 Å². The minimum absolute atomic E-state index is 0.147. The highest BCUT2D eigenvalue weighted by Gasteiger charge is 2.10. The molecule has 0 saturated heterocycles. The molecule has 0 radical (unpaired) electrons. The number of hydrogen-bond acceptors (Lipinski definition) is 5. The second kappa shape index (κ2) is 7.28. The standard InChI is InChI=1S/C17H14FN5O/c18-13-5-1-2-6-14(13)22-17-20-9-7-15(23-17)16(24)21-11-12-4-3-8-19-10-12/h1-10H,11H2,(H,21,24)(H,20,22,23). The zero-order valence-electron chi connectivity index (χ0n) is 12.6. The lowest BCUT2D eigenvalue weighted by atomic mass is 10.3. The number of carbonyl (C=O) groups is 1. The molecule has 0 aliphatic heterocycles. The molecule has 0 aliphatic rings. The van der Waals surface area contributed by atoms with Crippen LogP contribution in [0.25, 0.3) is 0 Å².